The Bertz CT molecular complexity index is 931. The summed E-state index contributed by atoms with van der Waals surface area (Å²) >= 11 is 1.07. The van der Waals surface area contributed by atoms with Gasteiger partial charge in [0.15, 0.2) is 11.1 Å². The van der Waals surface area contributed by atoms with Gasteiger partial charge in [-0.3, -0.25) is 19.8 Å². The van der Waals surface area contributed by atoms with Gasteiger partial charge in [-0.1, -0.05) is 41.7 Å². The van der Waals surface area contributed by atoms with Crippen LogP contribution in [0.15, 0.2) is 30.3 Å². The summed E-state index contributed by atoms with van der Waals surface area (Å²) in [5, 5.41) is 15.6. The van der Waals surface area contributed by atoms with Crippen LogP contribution in [0.5, 0.6) is 0 Å². The number of esters is 1. The lowest BCUT2D eigenvalue weighted by atomic mass is 10.0. The largest absolute Gasteiger partial charge is 0.466 e. The molecule has 2 amide bonds. The zero-order chi connectivity index (χ0) is 22.8. The van der Waals surface area contributed by atoms with Gasteiger partial charge in [-0.25, -0.2) is 4.98 Å². The number of rotatable bonds is 10. The molecule has 6 N–H and O–H groups in total. The monoisotopic (exact) mass is 446 g/mol. The molecule has 0 aliphatic carbocycles. The summed E-state index contributed by atoms with van der Waals surface area (Å²) in [5.74, 6) is -1.35. The van der Waals surface area contributed by atoms with Crippen LogP contribution >= 0.6 is 11.3 Å². The quantitative estimate of drug-likeness (QED) is 0.211. The molecule has 1 aromatic heterocycles. The van der Waals surface area contributed by atoms with Crippen LogP contribution in [-0.4, -0.2) is 41.9 Å². The Kier molecular flexibility index (Phi) is 8.94. The first-order valence-electron chi connectivity index (χ1n) is 9.66. The van der Waals surface area contributed by atoms with Crippen LogP contribution in [0, 0.1) is 12.3 Å². The fraction of sp³-hybridized carbons (Fsp3) is 0.350. The van der Waals surface area contributed by atoms with Crippen molar-refractivity contribution < 1.29 is 19.1 Å². The minimum atomic E-state index is -0.521. The number of guanidine groups is 1. The number of hydrogen-bond donors (Lipinski definition) is 5. The van der Waals surface area contributed by atoms with E-state index in [9.17, 15) is 14.4 Å². The van der Waals surface area contributed by atoms with E-state index in [0.29, 0.717) is 15.7 Å². The standard InChI is InChI=1S/C20H26N6O4S/c1-3-30-16(28)11-14(13-7-5-4-6-8-13)25-15(27)9-10-23-18(29)17-12(2)24-20(31-17)26-19(21)22/h4-8,14H,3,9-11H2,1-2H3,(H,23,29)(H,25,27)(H4,21,22,24,26). The van der Waals surface area contributed by atoms with Crippen molar-refractivity contribution in [1.82, 2.24) is 15.6 Å². The van der Waals surface area contributed by atoms with Crippen molar-refractivity contribution in [3.05, 3.63) is 46.5 Å². The van der Waals surface area contributed by atoms with Crippen LogP contribution in [-0.2, 0) is 14.3 Å². The molecule has 0 saturated heterocycles. The molecule has 0 aliphatic heterocycles. The van der Waals surface area contributed by atoms with E-state index in [1.807, 2.05) is 30.3 Å². The average Bonchev–Trinajstić information content (AvgIpc) is 3.07. The Morgan fingerprint density at radius 1 is 1.26 bits per heavy atom. The van der Waals surface area contributed by atoms with Crippen LogP contribution in [0.2, 0.25) is 0 Å². The molecule has 0 saturated carbocycles. The van der Waals surface area contributed by atoms with Crippen molar-refractivity contribution in [2.24, 2.45) is 5.73 Å². The second-order valence-corrected chi connectivity index (χ2v) is 7.52. The topological polar surface area (TPSA) is 159 Å². The molecule has 31 heavy (non-hydrogen) atoms. The normalized spacial score (nSPS) is 11.3. The first-order valence-corrected chi connectivity index (χ1v) is 10.5. The van der Waals surface area contributed by atoms with E-state index in [-0.39, 0.29) is 43.8 Å². The van der Waals surface area contributed by atoms with Gasteiger partial charge in [0.25, 0.3) is 5.91 Å². The summed E-state index contributed by atoms with van der Waals surface area (Å²) in [6.45, 7) is 3.77. The summed E-state index contributed by atoms with van der Waals surface area (Å²) in [4.78, 5) is 41.2. The summed E-state index contributed by atoms with van der Waals surface area (Å²) < 4.78 is 5.00. The predicted molar refractivity (Wildman–Crippen MR) is 118 cm³/mol. The average molecular weight is 447 g/mol. The van der Waals surface area contributed by atoms with Crippen molar-refractivity contribution >= 4 is 40.2 Å². The van der Waals surface area contributed by atoms with Crippen molar-refractivity contribution in [1.29, 1.82) is 5.41 Å². The number of hydrogen-bond acceptors (Lipinski definition) is 7. The maximum absolute atomic E-state index is 12.4. The molecular formula is C20H26N6O4S. The summed E-state index contributed by atoms with van der Waals surface area (Å²) in [5.41, 5.74) is 6.55. The van der Waals surface area contributed by atoms with E-state index in [1.165, 1.54) is 0 Å². The van der Waals surface area contributed by atoms with E-state index < -0.39 is 12.0 Å². The van der Waals surface area contributed by atoms with E-state index >= 15 is 0 Å². The molecule has 2 aromatic rings. The van der Waals surface area contributed by atoms with Crippen LogP contribution in [0.3, 0.4) is 0 Å². The SMILES string of the molecule is CCOC(=O)CC(NC(=O)CCNC(=O)c1sc(NC(=N)N)nc1C)c1ccccc1. The second kappa shape index (κ2) is 11.6. The molecule has 166 valence electrons. The summed E-state index contributed by atoms with van der Waals surface area (Å²) in [6, 6.07) is 8.63. The highest BCUT2D eigenvalue weighted by Gasteiger charge is 2.20. The lowest BCUT2D eigenvalue weighted by Crippen LogP contribution is -2.34. The smallest absolute Gasteiger partial charge is 0.308 e. The molecule has 0 radical (unpaired) electrons. The molecule has 11 heteroatoms. The number of anilines is 1. The van der Waals surface area contributed by atoms with Gasteiger partial charge in [0.05, 0.1) is 24.8 Å². The molecule has 1 atom stereocenters. The number of nitrogens with two attached hydrogens (primary N) is 1. The highest BCUT2D eigenvalue weighted by atomic mass is 32.1. The molecule has 1 heterocycles. The van der Waals surface area contributed by atoms with E-state index in [0.717, 1.165) is 16.9 Å². The van der Waals surface area contributed by atoms with E-state index in [4.69, 9.17) is 15.9 Å². The molecule has 1 aromatic carbocycles. The summed E-state index contributed by atoms with van der Waals surface area (Å²) in [6.07, 6.45) is 0.0518. The Morgan fingerprint density at radius 2 is 1.97 bits per heavy atom. The van der Waals surface area contributed by atoms with Gasteiger partial charge in [0, 0.05) is 13.0 Å². The number of carbonyl (C=O) groups excluding carboxylic acids is 3. The van der Waals surface area contributed by atoms with Gasteiger partial charge >= 0.3 is 5.97 Å². The number of ether oxygens (including phenoxy) is 1. The van der Waals surface area contributed by atoms with Crippen LogP contribution in [0.1, 0.15) is 46.7 Å². The van der Waals surface area contributed by atoms with Crippen molar-refractivity contribution in [2.75, 3.05) is 18.5 Å². The zero-order valence-corrected chi connectivity index (χ0v) is 18.2. The molecule has 0 aliphatic rings. The number of nitrogens with zero attached hydrogens (tertiary/aromatic N) is 1. The van der Waals surface area contributed by atoms with Crippen molar-refractivity contribution in [3.63, 3.8) is 0 Å². The Balaban J connectivity index is 1.90. The third-order valence-electron chi connectivity index (χ3n) is 4.10. The number of carbonyl (C=O) groups is 3. The van der Waals surface area contributed by atoms with Crippen LogP contribution < -0.4 is 21.7 Å². The highest BCUT2D eigenvalue weighted by Crippen LogP contribution is 2.22. The molecule has 0 spiro atoms. The maximum atomic E-state index is 12.4. The summed E-state index contributed by atoms with van der Waals surface area (Å²) in [7, 11) is 0. The van der Waals surface area contributed by atoms with E-state index in [1.54, 1.807) is 13.8 Å². The third kappa shape index (κ3) is 7.70. The van der Waals surface area contributed by atoms with Gasteiger partial charge in [-0.2, -0.15) is 0 Å². The lowest BCUT2D eigenvalue weighted by molar-refractivity contribution is -0.143. The highest BCUT2D eigenvalue weighted by molar-refractivity contribution is 7.17. The second-order valence-electron chi connectivity index (χ2n) is 6.52. The van der Waals surface area contributed by atoms with Gasteiger partial charge in [-0.15, -0.1) is 0 Å². The number of benzene rings is 1. The van der Waals surface area contributed by atoms with Crippen LogP contribution in [0.25, 0.3) is 0 Å². The van der Waals surface area contributed by atoms with Crippen molar-refractivity contribution in [3.8, 4) is 0 Å². The molecular weight excluding hydrogens is 420 g/mol. The molecule has 1 unspecified atom stereocenters. The molecule has 2 rings (SSSR count). The van der Waals surface area contributed by atoms with Gasteiger partial charge in [0.1, 0.15) is 4.88 Å². The fourth-order valence-electron chi connectivity index (χ4n) is 2.74. The van der Waals surface area contributed by atoms with Crippen LogP contribution in [0.4, 0.5) is 5.13 Å². The first-order chi connectivity index (χ1) is 14.8. The molecule has 0 bridgehead atoms. The first kappa shape index (κ1) is 23.8. The fourth-order valence-corrected chi connectivity index (χ4v) is 3.63. The Morgan fingerprint density at radius 3 is 2.61 bits per heavy atom. The number of aromatic nitrogens is 1. The number of amides is 2. The van der Waals surface area contributed by atoms with Gasteiger partial charge in [-0.05, 0) is 19.4 Å². The molecule has 0 fully saturated rings. The van der Waals surface area contributed by atoms with Gasteiger partial charge in [0.2, 0.25) is 5.91 Å². The minimum absolute atomic E-state index is 0.0158. The van der Waals surface area contributed by atoms with Crippen molar-refractivity contribution in [2.45, 2.75) is 32.7 Å². The van der Waals surface area contributed by atoms with Gasteiger partial charge < -0.3 is 26.4 Å². The van der Waals surface area contributed by atoms with E-state index in [2.05, 4.69) is 20.9 Å². The lowest BCUT2D eigenvalue weighted by Gasteiger charge is -2.18. The minimum Gasteiger partial charge on any atom is -0.466 e. The zero-order valence-electron chi connectivity index (χ0n) is 17.4. The maximum Gasteiger partial charge on any atom is 0.308 e. The third-order valence-corrected chi connectivity index (χ3v) is 5.17. The number of aryl methyl sites for hydroxylation is 1. The predicted octanol–water partition coefficient (Wildman–Crippen LogP) is 1.69. The Hall–Kier alpha value is -3.47. The Labute approximate surface area is 184 Å². The molecule has 10 nitrogen and oxygen atoms in total. The number of nitrogens with one attached hydrogen (secondary N) is 4. The number of thiazole rings is 1.